The molecule has 2 rings (SSSR count). The first-order valence-electron chi connectivity index (χ1n) is 7.38. The number of amides is 2. The molecular weight excluding hydrogens is 270 g/mol. The second-order valence-corrected chi connectivity index (χ2v) is 5.39. The molecule has 7 heteroatoms. The highest BCUT2D eigenvalue weighted by Gasteiger charge is 2.27. The number of nitrogens with zero attached hydrogens (tertiary/aromatic N) is 3. The number of nitrogen functional groups attached to an aromatic ring is 1. The maximum Gasteiger partial charge on any atom is 0.272 e. The maximum absolute atomic E-state index is 12.4. The molecule has 0 aromatic carbocycles. The largest absolute Gasteiger partial charge is 0.395 e. The molecule has 1 aliphatic rings. The Balaban J connectivity index is 2.09. The topological polar surface area (TPSA) is 93.2 Å². The first-order valence-corrected chi connectivity index (χ1v) is 7.38. The van der Waals surface area contributed by atoms with E-state index in [4.69, 9.17) is 5.73 Å². The van der Waals surface area contributed by atoms with Crippen LogP contribution in [0.3, 0.4) is 0 Å². The minimum Gasteiger partial charge on any atom is -0.395 e. The Morgan fingerprint density at radius 1 is 1.38 bits per heavy atom. The lowest BCUT2D eigenvalue weighted by atomic mass is 10.2. The van der Waals surface area contributed by atoms with Crippen molar-refractivity contribution in [3.05, 3.63) is 11.4 Å². The number of anilines is 1. The first-order chi connectivity index (χ1) is 9.95. The molecule has 2 amide bonds. The Morgan fingerprint density at radius 2 is 2.00 bits per heavy atom. The number of rotatable bonds is 4. The predicted octanol–water partition coefficient (Wildman–Crippen LogP) is 0.534. The summed E-state index contributed by atoms with van der Waals surface area (Å²) in [5.41, 5.74) is 7.24. The molecule has 0 saturated carbocycles. The van der Waals surface area contributed by atoms with Crippen molar-refractivity contribution in [3.63, 3.8) is 0 Å². The lowest BCUT2D eigenvalue weighted by Gasteiger charge is -2.21. The van der Waals surface area contributed by atoms with E-state index in [1.54, 1.807) is 23.4 Å². The zero-order valence-corrected chi connectivity index (χ0v) is 12.8. The normalized spacial score (nSPS) is 16.0. The van der Waals surface area contributed by atoms with Gasteiger partial charge in [0.15, 0.2) is 0 Å². The van der Waals surface area contributed by atoms with Crippen LogP contribution in [-0.4, -0.2) is 45.6 Å². The fraction of sp³-hybridized carbons (Fsp3) is 0.643. The number of carbonyl (C=O) groups excluding carboxylic acids is 2. The van der Waals surface area contributed by atoms with Gasteiger partial charge >= 0.3 is 0 Å². The molecule has 1 aromatic rings. The first kappa shape index (κ1) is 15.3. The molecule has 0 spiro atoms. The van der Waals surface area contributed by atoms with Gasteiger partial charge in [0.05, 0.1) is 11.4 Å². The molecule has 0 aliphatic carbocycles. The monoisotopic (exact) mass is 293 g/mol. The van der Waals surface area contributed by atoms with Crippen LogP contribution in [0.1, 0.15) is 42.9 Å². The molecule has 1 fully saturated rings. The summed E-state index contributed by atoms with van der Waals surface area (Å²) in [4.78, 5) is 26.4. The van der Waals surface area contributed by atoms with Crippen LogP contribution in [0.15, 0.2) is 0 Å². The van der Waals surface area contributed by atoms with Gasteiger partial charge in [-0.05, 0) is 33.6 Å². The second kappa shape index (κ2) is 6.15. The molecule has 116 valence electrons. The van der Waals surface area contributed by atoms with Gasteiger partial charge in [0.25, 0.3) is 5.91 Å². The SMILES string of the molecule is CCn1nc(C)c(N)c1C(=O)NC(C)C(=O)N1CCCC1. The van der Waals surface area contributed by atoms with E-state index in [1.807, 2.05) is 6.92 Å². The number of carbonyl (C=O) groups is 2. The van der Waals surface area contributed by atoms with E-state index in [-0.39, 0.29) is 11.8 Å². The zero-order chi connectivity index (χ0) is 15.6. The zero-order valence-electron chi connectivity index (χ0n) is 12.8. The number of likely N-dealkylation sites (tertiary alicyclic amines) is 1. The molecule has 1 atom stereocenters. The highest BCUT2D eigenvalue weighted by molar-refractivity contribution is 6.00. The van der Waals surface area contributed by atoms with E-state index < -0.39 is 6.04 Å². The molecule has 1 aliphatic heterocycles. The average molecular weight is 293 g/mol. The van der Waals surface area contributed by atoms with Gasteiger partial charge < -0.3 is 16.0 Å². The second-order valence-electron chi connectivity index (χ2n) is 5.39. The van der Waals surface area contributed by atoms with Crippen LogP contribution in [-0.2, 0) is 11.3 Å². The minimum atomic E-state index is -0.560. The van der Waals surface area contributed by atoms with Crippen molar-refractivity contribution < 1.29 is 9.59 Å². The Hall–Kier alpha value is -2.05. The molecule has 1 unspecified atom stereocenters. The maximum atomic E-state index is 12.4. The number of aromatic nitrogens is 2. The summed E-state index contributed by atoms with van der Waals surface area (Å²) < 4.78 is 1.56. The molecule has 7 nitrogen and oxygen atoms in total. The highest BCUT2D eigenvalue weighted by atomic mass is 16.2. The van der Waals surface area contributed by atoms with E-state index >= 15 is 0 Å². The number of hydrogen-bond acceptors (Lipinski definition) is 4. The Kier molecular flexibility index (Phi) is 4.50. The van der Waals surface area contributed by atoms with Crippen molar-refractivity contribution in [2.24, 2.45) is 0 Å². The molecule has 2 heterocycles. The summed E-state index contributed by atoms with van der Waals surface area (Å²) in [6.07, 6.45) is 2.06. The van der Waals surface area contributed by atoms with Crippen molar-refractivity contribution in [1.82, 2.24) is 20.0 Å². The van der Waals surface area contributed by atoms with Crippen LogP contribution in [0, 0.1) is 6.92 Å². The molecule has 3 N–H and O–H groups in total. The molecule has 1 saturated heterocycles. The number of aryl methyl sites for hydroxylation is 2. The molecule has 0 bridgehead atoms. The van der Waals surface area contributed by atoms with Gasteiger partial charge in [-0.15, -0.1) is 0 Å². The molecule has 1 aromatic heterocycles. The van der Waals surface area contributed by atoms with Crippen molar-refractivity contribution in [2.45, 2.75) is 46.2 Å². The molecular formula is C14H23N5O2. The van der Waals surface area contributed by atoms with E-state index in [0.29, 0.717) is 23.6 Å². The number of nitrogens with one attached hydrogen (secondary N) is 1. The van der Waals surface area contributed by atoms with Crippen LogP contribution in [0.4, 0.5) is 5.69 Å². The lowest BCUT2D eigenvalue weighted by molar-refractivity contribution is -0.131. The van der Waals surface area contributed by atoms with Crippen LogP contribution in [0.5, 0.6) is 0 Å². The number of hydrogen-bond donors (Lipinski definition) is 2. The fourth-order valence-corrected chi connectivity index (χ4v) is 2.60. The van der Waals surface area contributed by atoms with E-state index in [1.165, 1.54) is 0 Å². The van der Waals surface area contributed by atoms with Crippen molar-refractivity contribution in [3.8, 4) is 0 Å². The third-order valence-electron chi connectivity index (χ3n) is 3.82. The Labute approximate surface area is 124 Å². The average Bonchev–Trinajstić information content (AvgIpc) is 3.07. The van der Waals surface area contributed by atoms with Crippen LogP contribution < -0.4 is 11.1 Å². The van der Waals surface area contributed by atoms with E-state index in [9.17, 15) is 9.59 Å². The third kappa shape index (κ3) is 3.01. The Morgan fingerprint density at radius 3 is 2.57 bits per heavy atom. The van der Waals surface area contributed by atoms with Crippen molar-refractivity contribution >= 4 is 17.5 Å². The highest BCUT2D eigenvalue weighted by Crippen LogP contribution is 2.16. The van der Waals surface area contributed by atoms with Crippen LogP contribution in [0.25, 0.3) is 0 Å². The Bertz CT molecular complexity index is 546. The summed E-state index contributed by atoms with van der Waals surface area (Å²) in [5, 5.41) is 6.95. The lowest BCUT2D eigenvalue weighted by Crippen LogP contribution is -2.46. The predicted molar refractivity (Wildman–Crippen MR) is 79.8 cm³/mol. The van der Waals surface area contributed by atoms with E-state index in [0.717, 1.165) is 25.9 Å². The van der Waals surface area contributed by atoms with Crippen molar-refractivity contribution in [2.75, 3.05) is 18.8 Å². The molecule has 21 heavy (non-hydrogen) atoms. The van der Waals surface area contributed by atoms with Gasteiger partial charge in [0.1, 0.15) is 11.7 Å². The smallest absolute Gasteiger partial charge is 0.272 e. The van der Waals surface area contributed by atoms with Crippen LogP contribution >= 0.6 is 0 Å². The summed E-state index contributed by atoms with van der Waals surface area (Å²) in [6, 6.07) is -0.560. The minimum absolute atomic E-state index is 0.0429. The van der Waals surface area contributed by atoms with Gasteiger partial charge in [0.2, 0.25) is 5.91 Å². The van der Waals surface area contributed by atoms with Crippen LogP contribution in [0.2, 0.25) is 0 Å². The van der Waals surface area contributed by atoms with Gasteiger partial charge in [0, 0.05) is 19.6 Å². The van der Waals surface area contributed by atoms with Crippen molar-refractivity contribution in [1.29, 1.82) is 0 Å². The third-order valence-corrected chi connectivity index (χ3v) is 3.82. The van der Waals surface area contributed by atoms with Gasteiger partial charge in [-0.25, -0.2) is 0 Å². The summed E-state index contributed by atoms with van der Waals surface area (Å²) >= 11 is 0. The van der Waals surface area contributed by atoms with Gasteiger partial charge in [-0.1, -0.05) is 0 Å². The summed E-state index contributed by atoms with van der Waals surface area (Å²) in [6.45, 7) is 7.45. The summed E-state index contributed by atoms with van der Waals surface area (Å²) in [7, 11) is 0. The standard InChI is InChI=1S/C14H23N5O2/c1-4-19-12(11(15)9(2)17-19)13(20)16-10(3)14(21)18-7-5-6-8-18/h10H,4-8,15H2,1-3H3,(H,16,20). The summed E-state index contributed by atoms with van der Waals surface area (Å²) in [5.74, 6) is -0.395. The van der Waals surface area contributed by atoms with Gasteiger partial charge in [-0.2, -0.15) is 5.10 Å². The molecule has 0 radical (unpaired) electrons. The van der Waals surface area contributed by atoms with E-state index in [2.05, 4.69) is 10.4 Å². The van der Waals surface area contributed by atoms with Gasteiger partial charge in [-0.3, -0.25) is 14.3 Å². The quantitative estimate of drug-likeness (QED) is 0.847. The fourth-order valence-electron chi connectivity index (χ4n) is 2.60. The number of nitrogens with two attached hydrogens (primary N) is 1.